The summed E-state index contributed by atoms with van der Waals surface area (Å²) in [4.78, 5) is 23.6. The topological polar surface area (TPSA) is 119 Å². The van der Waals surface area contributed by atoms with Crippen LogP contribution in [0.15, 0.2) is 89.8 Å². The van der Waals surface area contributed by atoms with E-state index in [1.807, 2.05) is 25.1 Å². The zero-order valence-electron chi connectivity index (χ0n) is 22.5. The molecule has 1 atom stereocenters. The van der Waals surface area contributed by atoms with Crippen LogP contribution in [0.25, 0.3) is 10.8 Å². The maximum atomic E-state index is 13.7. The lowest BCUT2D eigenvalue weighted by Crippen LogP contribution is -2.42. The summed E-state index contributed by atoms with van der Waals surface area (Å²) >= 11 is 0. The average molecular weight is 562 g/mol. The molecular formula is C30H31N3O6S. The first-order chi connectivity index (χ1) is 19.1. The molecule has 4 aromatic rings. The Bertz CT molecular complexity index is 1630. The van der Waals surface area contributed by atoms with E-state index in [-0.39, 0.29) is 22.2 Å². The molecule has 9 nitrogen and oxygen atoms in total. The fourth-order valence-electron chi connectivity index (χ4n) is 4.53. The summed E-state index contributed by atoms with van der Waals surface area (Å²) in [6, 6.07) is 24.2. The Labute approximate surface area is 233 Å². The quantitative estimate of drug-likeness (QED) is 0.197. The van der Waals surface area contributed by atoms with Crippen LogP contribution in [0.3, 0.4) is 0 Å². The highest BCUT2D eigenvalue weighted by molar-refractivity contribution is 7.92. The summed E-state index contributed by atoms with van der Waals surface area (Å²) in [7, 11) is -2.84. The number of hydrogen-bond acceptors (Lipinski definition) is 6. The number of anilines is 1. The first-order valence-electron chi connectivity index (χ1n) is 12.8. The molecule has 0 heterocycles. The number of aryl methyl sites for hydroxylation is 1. The van der Waals surface area contributed by atoms with E-state index in [9.17, 15) is 23.3 Å². The molecule has 0 bridgehead atoms. The highest BCUT2D eigenvalue weighted by atomic mass is 32.2. The third-order valence-electron chi connectivity index (χ3n) is 6.71. The van der Waals surface area contributed by atoms with Crippen molar-refractivity contribution in [2.24, 2.45) is 5.92 Å². The predicted octanol–water partition coefficient (Wildman–Crippen LogP) is 5.26. The lowest BCUT2D eigenvalue weighted by molar-refractivity contribution is -0.385. The molecular weight excluding hydrogens is 530 g/mol. The van der Waals surface area contributed by atoms with E-state index in [0.29, 0.717) is 17.9 Å². The molecule has 0 aliphatic carbocycles. The van der Waals surface area contributed by atoms with Gasteiger partial charge in [0.2, 0.25) is 5.91 Å². The third kappa shape index (κ3) is 6.40. The summed E-state index contributed by atoms with van der Waals surface area (Å²) in [5.74, 6) is 0.102. The third-order valence-corrected chi connectivity index (χ3v) is 8.48. The van der Waals surface area contributed by atoms with Gasteiger partial charge in [0.25, 0.3) is 15.7 Å². The number of fused-ring (bicyclic) bond motifs is 1. The average Bonchev–Trinajstić information content (AvgIpc) is 2.95. The van der Waals surface area contributed by atoms with Gasteiger partial charge in [0.1, 0.15) is 12.3 Å². The van der Waals surface area contributed by atoms with Gasteiger partial charge in [-0.05, 0) is 65.9 Å². The van der Waals surface area contributed by atoms with Crippen molar-refractivity contribution in [3.05, 3.63) is 106 Å². The fraction of sp³-hybridized carbons (Fsp3) is 0.233. The van der Waals surface area contributed by atoms with E-state index < -0.39 is 27.4 Å². The fourth-order valence-corrected chi connectivity index (χ4v) is 5.97. The molecule has 4 rings (SSSR count). The number of nitro groups is 1. The van der Waals surface area contributed by atoms with E-state index >= 15 is 0 Å². The lowest BCUT2D eigenvalue weighted by Gasteiger charge is -2.25. The van der Waals surface area contributed by atoms with E-state index in [1.54, 1.807) is 12.1 Å². The normalized spacial score (nSPS) is 12.1. The van der Waals surface area contributed by atoms with Gasteiger partial charge in [-0.2, -0.15) is 0 Å². The van der Waals surface area contributed by atoms with Crippen molar-refractivity contribution in [2.45, 2.75) is 25.2 Å². The van der Waals surface area contributed by atoms with Crippen molar-refractivity contribution in [1.82, 2.24) is 5.32 Å². The highest BCUT2D eigenvalue weighted by Crippen LogP contribution is 2.29. The number of carbonyl (C=O) groups is 1. The lowest BCUT2D eigenvalue weighted by atomic mass is 9.96. The number of nitrogens with zero attached hydrogens (tertiary/aromatic N) is 2. The largest absolute Gasteiger partial charge is 0.497 e. The van der Waals surface area contributed by atoms with Crippen LogP contribution in [-0.4, -0.2) is 39.4 Å². The van der Waals surface area contributed by atoms with Gasteiger partial charge in [-0.3, -0.25) is 19.2 Å². The van der Waals surface area contributed by atoms with Crippen LogP contribution in [0.2, 0.25) is 0 Å². The Kier molecular flexibility index (Phi) is 8.69. The number of nitrogens with one attached hydrogen (secondary N) is 1. The summed E-state index contributed by atoms with van der Waals surface area (Å²) in [5.41, 5.74) is 1.41. The smallest absolute Gasteiger partial charge is 0.273 e. The van der Waals surface area contributed by atoms with Crippen LogP contribution in [0.4, 0.5) is 11.4 Å². The molecule has 0 aliphatic heterocycles. The van der Waals surface area contributed by atoms with E-state index in [2.05, 4.69) is 29.6 Å². The van der Waals surface area contributed by atoms with Crippen molar-refractivity contribution in [3.8, 4) is 5.75 Å². The second kappa shape index (κ2) is 12.2. The Morgan fingerprint density at radius 2 is 1.73 bits per heavy atom. The number of methoxy groups -OCH3 is 1. The van der Waals surface area contributed by atoms with Gasteiger partial charge in [-0.15, -0.1) is 0 Å². The van der Waals surface area contributed by atoms with Crippen LogP contribution in [0, 0.1) is 23.0 Å². The van der Waals surface area contributed by atoms with E-state index in [1.165, 1.54) is 43.9 Å². The molecule has 0 aromatic heterocycles. The number of amides is 1. The van der Waals surface area contributed by atoms with Gasteiger partial charge >= 0.3 is 0 Å². The standard InChI is InChI=1S/C30H31N3O6S/c1-21(17-24-9-6-8-23-7-4-5-10-28(23)24)19-31-30(34)20-32(25-12-14-26(39-3)15-13-25)40(37,38)27-16-11-22(2)29(18-27)33(35)36/h4-16,18,21H,17,19-20H2,1-3H3,(H,31,34). The molecule has 40 heavy (non-hydrogen) atoms. The molecule has 0 aliphatic rings. The summed E-state index contributed by atoms with van der Waals surface area (Å²) in [6.45, 7) is 3.39. The van der Waals surface area contributed by atoms with Gasteiger partial charge < -0.3 is 10.1 Å². The zero-order chi connectivity index (χ0) is 28.9. The molecule has 1 N–H and O–H groups in total. The van der Waals surface area contributed by atoms with Gasteiger partial charge in [0.05, 0.1) is 22.6 Å². The minimum atomic E-state index is -4.33. The SMILES string of the molecule is COc1ccc(N(CC(=O)NCC(C)Cc2cccc3ccccc23)S(=O)(=O)c2ccc(C)c([N+](=O)[O-])c2)cc1. The number of nitro benzene ring substituents is 1. The van der Waals surface area contributed by atoms with Crippen LogP contribution >= 0.6 is 0 Å². The first kappa shape index (κ1) is 28.6. The number of carbonyl (C=O) groups excluding carboxylic acids is 1. The number of benzene rings is 4. The van der Waals surface area contributed by atoms with Crippen molar-refractivity contribution in [3.63, 3.8) is 0 Å². The van der Waals surface area contributed by atoms with E-state index in [0.717, 1.165) is 27.6 Å². The molecule has 4 aromatic carbocycles. The molecule has 208 valence electrons. The van der Waals surface area contributed by atoms with Gasteiger partial charge in [0.15, 0.2) is 0 Å². The molecule has 0 saturated heterocycles. The minimum absolute atomic E-state index is 0.0838. The highest BCUT2D eigenvalue weighted by Gasteiger charge is 2.29. The Balaban J connectivity index is 1.54. The van der Waals surface area contributed by atoms with Gasteiger partial charge in [0, 0.05) is 18.2 Å². The van der Waals surface area contributed by atoms with Crippen LogP contribution in [0.5, 0.6) is 5.75 Å². The molecule has 1 amide bonds. The monoisotopic (exact) mass is 561 g/mol. The molecule has 0 radical (unpaired) electrons. The Hall–Kier alpha value is -4.44. The zero-order valence-corrected chi connectivity index (χ0v) is 23.4. The predicted molar refractivity (Wildman–Crippen MR) is 155 cm³/mol. The van der Waals surface area contributed by atoms with Crippen molar-refractivity contribution in [1.29, 1.82) is 0 Å². The number of sulfonamides is 1. The summed E-state index contributed by atoms with van der Waals surface area (Å²) in [6.07, 6.45) is 0.731. The van der Waals surface area contributed by atoms with Crippen molar-refractivity contribution >= 4 is 38.1 Å². The summed E-state index contributed by atoms with van der Waals surface area (Å²) in [5, 5.41) is 16.6. The van der Waals surface area contributed by atoms with Crippen molar-refractivity contribution < 1.29 is 22.9 Å². The van der Waals surface area contributed by atoms with Crippen LogP contribution in [0.1, 0.15) is 18.1 Å². The number of hydrogen-bond donors (Lipinski definition) is 1. The minimum Gasteiger partial charge on any atom is -0.497 e. The maximum absolute atomic E-state index is 13.7. The number of ether oxygens (including phenoxy) is 1. The van der Waals surface area contributed by atoms with E-state index in [4.69, 9.17) is 4.74 Å². The second-order valence-corrected chi connectivity index (χ2v) is 11.5. The Morgan fingerprint density at radius 3 is 2.42 bits per heavy atom. The molecule has 0 fully saturated rings. The molecule has 1 unspecified atom stereocenters. The van der Waals surface area contributed by atoms with Gasteiger partial charge in [-0.25, -0.2) is 8.42 Å². The summed E-state index contributed by atoms with van der Waals surface area (Å²) < 4.78 is 33.5. The van der Waals surface area contributed by atoms with Crippen molar-refractivity contribution in [2.75, 3.05) is 24.5 Å². The molecule has 0 saturated carbocycles. The van der Waals surface area contributed by atoms with Gasteiger partial charge in [-0.1, -0.05) is 55.5 Å². The molecule has 10 heteroatoms. The second-order valence-electron chi connectivity index (χ2n) is 9.67. The maximum Gasteiger partial charge on any atom is 0.273 e. The molecule has 0 spiro atoms. The first-order valence-corrected chi connectivity index (χ1v) is 14.2. The number of rotatable bonds is 11. The van der Waals surface area contributed by atoms with Crippen LogP contribution in [-0.2, 0) is 21.2 Å². The Morgan fingerprint density at radius 1 is 1.02 bits per heavy atom. The van der Waals surface area contributed by atoms with Crippen LogP contribution < -0.4 is 14.4 Å².